The summed E-state index contributed by atoms with van der Waals surface area (Å²) in [6.45, 7) is 0.209. The summed E-state index contributed by atoms with van der Waals surface area (Å²) in [4.78, 5) is 0. The Labute approximate surface area is 80.3 Å². The average Bonchev–Trinajstić information content (AvgIpc) is 2.76. The van der Waals surface area contributed by atoms with Gasteiger partial charge in [0, 0.05) is 0 Å². The van der Waals surface area contributed by atoms with Crippen molar-refractivity contribution < 1.29 is 9.84 Å². The Hall–Kier alpha value is -0.0800. The third-order valence-electron chi connectivity index (χ3n) is 3.47. The van der Waals surface area contributed by atoms with Crippen molar-refractivity contribution in [1.82, 2.24) is 0 Å². The summed E-state index contributed by atoms with van der Waals surface area (Å²) in [5.41, 5.74) is 0. The van der Waals surface area contributed by atoms with Crippen LogP contribution in [0.5, 0.6) is 0 Å². The van der Waals surface area contributed by atoms with Crippen LogP contribution in [0.25, 0.3) is 0 Å². The molecule has 2 aliphatic rings. The normalized spacial score (nSPS) is 35.8. The van der Waals surface area contributed by atoms with E-state index in [0.717, 1.165) is 12.3 Å². The van der Waals surface area contributed by atoms with E-state index in [1.165, 1.54) is 38.5 Å². The molecule has 0 aromatic heterocycles. The molecule has 1 heterocycles. The van der Waals surface area contributed by atoms with E-state index in [1.807, 2.05) is 0 Å². The fourth-order valence-corrected chi connectivity index (χ4v) is 2.71. The molecule has 2 atom stereocenters. The van der Waals surface area contributed by atoms with E-state index in [4.69, 9.17) is 9.84 Å². The molecule has 1 saturated carbocycles. The molecule has 0 spiro atoms. The van der Waals surface area contributed by atoms with Crippen LogP contribution in [0, 0.1) is 5.92 Å². The SMILES string of the molecule is OCC1CCC(CC2CCCC2)O1. The zero-order valence-corrected chi connectivity index (χ0v) is 8.24. The first-order valence-electron chi connectivity index (χ1n) is 5.65. The molecule has 13 heavy (non-hydrogen) atoms. The van der Waals surface area contributed by atoms with Gasteiger partial charge in [0.1, 0.15) is 0 Å². The van der Waals surface area contributed by atoms with Crippen molar-refractivity contribution in [2.24, 2.45) is 5.92 Å². The third kappa shape index (κ3) is 2.44. The summed E-state index contributed by atoms with van der Waals surface area (Å²) in [7, 11) is 0. The van der Waals surface area contributed by atoms with Crippen LogP contribution >= 0.6 is 0 Å². The molecule has 2 heteroatoms. The summed E-state index contributed by atoms with van der Waals surface area (Å²) >= 11 is 0. The highest BCUT2D eigenvalue weighted by Crippen LogP contribution is 2.33. The third-order valence-corrected chi connectivity index (χ3v) is 3.47. The van der Waals surface area contributed by atoms with Crippen LogP contribution in [0.3, 0.4) is 0 Å². The summed E-state index contributed by atoms with van der Waals surface area (Å²) in [5.74, 6) is 0.919. The maximum absolute atomic E-state index is 8.92. The van der Waals surface area contributed by atoms with Crippen LogP contribution in [-0.4, -0.2) is 23.9 Å². The minimum absolute atomic E-state index is 0.145. The van der Waals surface area contributed by atoms with Crippen molar-refractivity contribution in [3.63, 3.8) is 0 Å². The average molecular weight is 184 g/mol. The van der Waals surface area contributed by atoms with Crippen molar-refractivity contribution >= 4 is 0 Å². The van der Waals surface area contributed by atoms with E-state index in [1.54, 1.807) is 0 Å². The Morgan fingerprint density at radius 2 is 1.69 bits per heavy atom. The van der Waals surface area contributed by atoms with Crippen LogP contribution in [0.4, 0.5) is 0 Å². The molecule has 0 bridgehead atoms. The molecule has 2 rings (SSSR count). The molecule has 1 N–H and O–H groups in total. The summed E-state index contributed by atoms with van der Waals surface area (Å²) < 4.78 is 5.72. The summed E-state index contributed by atoms with van der Waals surface area (Å²) in [6.07, 6.45) is 9.73. The lowest BCUT2D eigenvalue weighted by molar-refractivity contribution is 0.00222. The van der Waals surface area contributed by atoms with Crippen molar-refractivity contribution in [1.29, 1.82) is 0 Å². The van der Waals surface area contributed by atoms with Gasteiger partial charge in [-0.25, -0.2) is 0 Å². The monoisotopic (exact) mass is 184 g/mol. The van der Waals surface area contributed by atoms with Gasteiger partial charge in [-0.15, -0.1) is 0 Å². The molecule has 1 aliphatic carbocycles. The van der Waals surface area contributed by atoms with E-state index in [2.05, 4.69) is 0 Å². The topological polar surface area (TPSA) is 29.5 Å². The van der Waals surface area contributed by atoms with Gasteiger partial charge in [0.25, 0.3) is 0 Å². The zero-order chi connectivity index (χ0) is 9.10. The fourth-order valence-electron chi connectivity index (χ4n) is 2.71. The molecule has 2 fully saturated rings. The number of aliphatic hydroxyl groups excluding tert-OH is 1. The standard InChI is InChI=1S/C11H20O2/c12-8-11-6-5-10(13-11)7-9-3-1-2-4-9/h9-12H,1-8H2. The smallest absolute Gasteiger partial charge is 0.0810 e. The molecule has 0 aromatic carbocycles. The van der Waals surface area contributed by atoms with E-state index in [9.17, 15) is 0 Å². The summed E-state index contributed by atoms with van der Waals surface area (Å²) in [6, 6.07) is 0. The zero-order valence-electron chi connectivity index (χ0n) is 8.24. The highest BCUT2D eigenvalue weighted by atomic mass is 16.5. The van der Waals surface area contributed by atoms with Crippen LogP contribution in [0.2, 0.25) is 0 Å². The van der Waals surface area contributed by atoms with Gasteiger partial charge in [0.15, 0.2) is 0 Å². The van der Waals surface area contributed by atoms with Crippen molar-refractivity contribution in [3.05, 3.63) is 0 Å². The molecule has 1 saturated heterocycles. The molecule has 76 valence electrons. The predicted octanol–water partition coefficient (Wildman–Crippen LogP) is 2.11. The summed E-state index contributed by atoms with van der Waals surface area (Å²) in [5, 5.41) is 8.92. The minimum Gasteiger partial charge on any atom is -0.394 e. The second-order valence-corrected chi connectivity index (χ2v) is 4.53. The first-order valence-corrected chi connectivity index (χ1v) is 5.65. The molecule has 2 unspecified atom stereocenters. The van der Waals surface area contributed by atoms with Crippen LogP contribution < -0.4 is 0 Å². The Kier molecular flexibility index (Phi) is 3.23. The highest BCUT2D eigenvalue weighted by Gasteiger charge is 2.27. The maximum Gasteiger partial charge on any atom is 0.0810 e. The van der Waals surface area contributed by atoms with Gasteiger partial charge >= 0.3 is 0 Å². The van der Waals surface area contributed by atoms with Crippen LogP contribution in [0.15, 0.2) is 0 Å². The quantitative estimate of drug-likeness (QED) is 0.728. The molecule has 0 radical (unpaired) electrons. The van der Waals surface area contributed by atoms with Gasteiger partial charge in [-0.05, 0) is 25.2 Å². The highest BCUT2D eigenvalue weighted by molar-refractivity contribution is 4.78. The van der Waals surface area contributed by atoms with Crippen LogP contribution in [-0.2, 0) is 4.74 Å². The molecule has 2 nitrogen and oxygen atoms in total. The predicted molar refractivity (Wildman–Crippen MR) is 51.6 cm³/mol. The van der Waals surface area contributed by atoms with Gasteiger partial charge in [-0.3, -0.25) is 0 Å². The Balaban J connectivity index is 1.70. The van der Waals surface area contributed by atoms with Crippen LogP contribution in [0.1, 0.15) is 44.9 Å². The Bertz CT molecular complexity index is 152. The molecule has 1 aliphatic heterocycles. The van der Waals surface area contributed by atoms with Gasteiger partial charge < -0.3 is 9.84 Å². The van der Waals surface area contributed by atoms with Gasteiger partial charge in [-0.2, -0.15) is 0 Å². The lowest BCUT2D eigenvalue weighted by Crippen LogP contribution is -2.16. The molecular weight excluding hydrogens is 164 g/mol. The van der Waals surface area contributed by atoms with E-state index >= 15 is 0 Å². The van der Waals surface area contributed by atoms with E-state index < -0.39 is 0 Å². The second kappa shape index (κ2) is 4.43. The first kappa shape index (κ1) is 9.47. The number of ether oxygens (including phenoxy) is 1. The largest absolute Gasteiger partial charge is 0.394 e. The van der Waals surface area contributed by atoms with E-state index in [-0.39, 0.29) is 12.7 Å². The number of rotatable bonds is 3. The Morgan fingerprint density at radius 3 is 2.31 bits per heavy atom. The number of aliphatic hydroxyl groups is 1. The minimum atomic E-state index is 0.145. The van der Waals surface area contributed by atoms with Crippen molar-refractivity contribution in [2.45, 2.75) is 57.2 Å². The Morgan fingerprint density at radius 1 is 1.00 bits per heavy atom. The van der Waals surface area contributed by atoms with Crippen molar-refractivity contribution in [3.8, 4) is 0 Å². The fraction of sp³-hybridized carbons (Fsp3) is 1.00. The molecule has 0 aromatic rings. The second-order valence-electron chi connectivity index (χ2n) is 4.53. The lowest BCUT2D eigenvalue weighted by Gasteiger charge is -2.15. The number of hydrogen-bond acceptors (Lipinski definition) is 2. The van der Waals surface area contributed by atoms with Gasteiger partial charge in [0.2, 0.25) is 0 Å². The maximum atomic E-state index is 8.92. The first-order chi connectivity index (χ1) is 6.38. The molecular formula is C11H20O2. The molecule has 0 amide bonds. The number of hydrogen-bond donors (Lipinski definition) is 1. The van der Waals surface area contributed by atoms with Gasteiger partial charge in [0.05, 0.1) is 18.8 Å². The van der Waals surface area contributed by atoms with Crippen molar-refractivity contribution in [2.75, 3.05) is 6.61 Å². The van der Waals surface area contributed by atoms with E-state index in [0.29, 0.717) is 6.10 Å². The lowest BCUT2D eigenvalue weighted by atomic mass is 9.98. The van der Waals surface area contributed by atoms with Gasteiger partial charge in [-0.1, -0.05) is 25.7 Å².